The minimum absolute atomic E-state index is 0.135. The van der Waals surface area contributed by atoms with E-state index in [1.807, 2.05) is 4.57 Å². The van der Waals surface area contributed by atoms with Crippen molar-refractivity contribution in [3.63, 3.8) is 0 Å². The smallest absolute Gasteiger partial charge is 0.339 e. The lowest BCUT2D eigenvalue weighted by Gasteiger charge is -2.09. The van der Waals surface area contributed by atoms with E-state index in [0.717, 1.165) is 5.56 Å². The lowest BCUT2D eigenvalue weighted by molar-refractivity contribution is 0.0696. The second kappa shape index (κ2) is 5.28. The second-order valence-electron chi connectivity index (χ2n) is 4.06. The summed E-state index contributed by atoms with van der Waals surface area (Å²) in [6, 6.07) is 3.59. The van der Waals surface area contributed by atoms with Crippen molar-refractivity contribution in [3.8, 4) is 11.3 Å². The van der Waals surface area contributed by atoms with Crippen molar-refractivity contribution >= 4 is 17.6 Å². The molecule has 19 heavy (non-hydrogen) atoms. The number of allylic oxidation sites excluding steroid dienone is 1. The van der Waals surface area contributed by atoms with Crippen LogP contribution >= 0.6 is 11.6 Å². The van der Waals surface area contributed by atoms with Crippen LogP contribution in [0.3, 0.4) is 0 Å². The topological polar surface area (TPSA) is 55.1 Å². The van der Waals surface area contributed by atoms with Crippen LogP contribution in [0.25, 0.3) is 11.3 Å². The van der Waals surface area contributed by atoms with Crippen molar-refractivity contribution in [1.29, 1.82) is 0 Å². The molecule has 0 bridgehead atoms. The Balaban J connectivity index is 2.75. The Kier molecular flexibility index (Phi) is 3.71. The Morgan fingerprint density at radius 3 is 2.68 bits per heavy atom. The van der Waals surface area contributed by atoms with E-state index in [9.17, 15) is 9.90 Å². The molecule has 0 radical (unpaired) electrons. The highest BCUT2D eigenvalue weighted by Gasteiger charge is 2.23. The number of carbonyl (C=O) groups is 1. The van der Waals surface area contributed by atoms with E-state index in [-0.39, 0.29) is 10.6 Å². The Morgan fingerprint density at radius 1 is 1.53 bits per heavy atom. The van der Waals surface area contributed by atoms with E-state index in [4.69, 9.17) is 11.6 Å². The summed E-state index contributed by atoms with van der Waals surface area (Å²) in [6.45, 7) is 5.93. The lowest BCUT2D eigenvalue weighted by Crippen LogP contribution is -2.03. The molecule has 4 nitrogen and oxygen atoms in total. The van der Waals surface area contributed by atoms with Gasteiger partial charge in [-0.05, 0) is 19.1 Å². The van der Waals surface area contributed by atoms with Crippen molar-refractivity contribution in [2.75, 3.05) is 0 Å². The summed E-state index contributed by atoms with van der Waals surface area (Å²) in [4.78, 5) is 15.3. The Bertz CT molecular complexity index is 633. The van der Waals surface area contributed by atoms with Gasteiger partial charge in [0.15, 0.2) is 0 Å². The van der Waals surface area contributed by atoms with Gasteiger partial charge in [0.25, 0.3) is 0 Å². The number of aromatic nitrogens is 2. The predicted octanol–water partition coefficient (Wildman–Crippen LogP) is 3.40. The van der Waals surface area contributed by atoms with E-state index in [0.29, 0.717) is 17.9 Å². The van der Waals surface area contributed by atoms with Gasteiger partial charge in [0.2, 0.25) is 0 Å². The normalized spacial score (nSPS) is 10.4. The van der Waals surface area contributed by atoms with Crippen molar-refractivity contribution in [1.82, 2.24) is 9.55 Å². The number of hydrogen-bond donors (Lipinski definition) is 1. The number of rotatable bonds is 4. The highest BCUT2D eigenvalue weighted by Crippen LogP contribution is 2.35. The van der Waals surface area contributed by atoms with Crippen molar-refractivity contribution in [2.45, 2.75) is 13.5 Å². The fourth-order valence-corrected chi connectivity index (χ4v) is 2.53. The van der Waals surface area contributed by atoms with Gasteiger partial charge in [-0.25, -0.2) is 4.79 Å². The first-order valence-electron chi connectivity index (χ1n) is 5.71. The first-order valence-corrected chi connectivity index (χ1v) is 6.09. The zero-order valence-corrected chi connectivity index (χ0v) is 11.2. The number of hydrogen-bond acceptors (Lipinski definition) is 2. The predicted molar refractivity (Wildman–Crippen MR) is 74.6 cm³/mol. The summed E-state index contributed by atoms with van der Waals surface area (Å²) < 4.78 is 1.84. The van der Waals surface area contributed by atoms with Crippen LogP contribution in [0.2, 0.25) is 5.02 Å². The van der Waals surface area contributed by atoms with Gasteiger partial charge in [-0.3, -0.25) is 4.98 Å². The van der Waals surface area contributed by atoms with Crippen molar-refractivity contribution < 1.29 is 9.90 Å². The molecule has 0 spiro atoms. The quantitative estimate of drug-likeness (QED) is 0.871. The molecule has 0 aromatic carbocycles. The molecule has 2 heterocycles. The van der Waals surface area contributed by atoms with Crippen LogP contribution in [0.4, 0.5) is 0 Å². The largest absolute Gasteiger partial charge is 0.478 e. The van der Waals surface area contributed by atoms with Gasteiger partial charge in [-0.2, -0.15) is 0 Å². The third-order valence-corrected chi connectivity index (χ3v) is 3.31. The Labute approximate surface area is 116 Å². The molecule has 2 rings (SSSR count). The average molecular weight is 277 g/mol. The maximum atomic E-state index is 11.3. The number of pyridine rings is 1. The van der Waals surface area contributed by atoms with Crippen LogP contribution < -0.4 is 0 Å². The zero-order valence-electron chi connectivity index (χ0n) is 10.4. The van der Waals surface area contributed by atoms with Gasteiger partial charge in [-0.1, -0.05) is 17.7 Å². The fourth-order valence-electron chi connectivity index (χ4n) is 2.10. The van der Waals surface area contributed by atoms with E-state index in [1.165, 1.54) is 0 Å². The SMILES string of the molecule is C=CCn1c(C)c(C(=O)O)c(Cl)c1-c1ccncc1. The molecule has 0 aliphatic heterocycles. The minimum atomic E-state index is -1.03. The molecular formula is C14H13ClN2O2. The van der Waals surface area contributed by atoms with Crippen molar-refractivity contribution in [2.24, 2.45) is 0 Å². The van der Waals surface area contributed by atoms with Crippen LogP contribution in [0, 0.1) is 6.92 Å². The molecule has 1 N–H and O–H groups in total. The molecule has 2 aromatic rings. The summed E-state index contributed by atoms with van der Waals surface area (Å²) in [5, 5.41) is 9.51. The monoisotopic (exact) mass is 276 g/mol. The first kappa shape index (κ1) is 13.4. The van der Waals surface area contributed by atoms with Crippen LogP contribution in [0.1, 0.15) is 16.1 Å². The van der Waals surface area contributed by atoms with E-state index in [1.54, 1.807) is 37.5 Å². The maximum Gasteiger partial charge on any atom is 0.339 e. The molecule has 0 saturated heterocycles. The number of carboxylic acids is 1. The van der Waals surface area contributed by atoms with E-state index >= 15 is 0 Å². The first-order chi connectivity index (χ1) is 9.07. The molecule has 98 valence electrons. The summed E-state index contributed by atoms with van der Waals surface area (Å²) >= 11 is 6.24. The van der Waals surface area contributed by atoms with Crippen molar-refractivity contribution in [3.05, 3.63) is 53.5 Å². The highest BCUT2D eigenvalue weighted by atomic mass is 35.5. The number of aromatic carboxylic acids is 1. The molecule has 0 fully saturated rings. The standard InChI is InChI=1S/C14H13ClN2O2/c1-3-8-17-9(2)11(14(18)19)12(15)13(17)10-4-6-16-7-5-10/h3-7H,1,8H2,2H3,(H,18,19). The Hall–Kier alpha value is -2.07. The number of carboxylic acid groups (broad SMARTS) is 1. The minimum Gasteiger partial charge on any atom is -0.478 e. The summed E-state index contributed by atoms with van der Waals surface area (Å²) in [6.07, 6.45) is 5.00. The zero-order chi connectivity index (χ0) is 14.0. The molecule has 0 aliphatic carbocycles. The molecule has 0 saturated carbocycles. The van der Waals surface area contributed by atoms with Crippen LogP contribution in [-0.4, -0.2) is 20.6 Å². The number of halogens is 1. The van der Waals surface area contributed by atoms with Gasteiger partial charge in [0.1, 0.15) is 0 Å². The van der Waals surface area contributed by atoms with Gasteiger partial charge < -0.3 is 9.67 Å². The molecular weight excluding hydrogens is 264 g/mol. The molecule has 2 aromatic heterocycles. The summed E-state index contributed by atoms with van der Waals surface area (Å²) in [7, 11) is 0. The molecule has 5 heteroatoms. The van der Waals surface area contributed by atoms with Crippen LogP contribution in [0.15, 0.2) is 37.2 Å². The van der Waals surface area contributed by atoms with Gasteiger partial charge >= 0.3 is 5.97 Å². The summed E-state index contributed by atoms with van der Waals surface area (Å²) in [5.41, 5.74) is 2.26. The average Bonchev–Trinajstić information content (AvgIpc) is 2.63. The second-order valence-corrected chi connectivity index (χ2v) is 4.44. The van der Waals surface area contributed by atoms with E-state index < -0.39 is 5.97 Å². The van der Waals surface area contributed by atoms with E-state index in [2.05, 4.69) is 11.6 Å². The third kappa shape index (κ3) is 2.27. The molecule has 0 atom stereocenters. The van der Waals surface area contributed by atoms with Gasteiger partial charge in [-0.15, -0.1) is 6.58 Å². The van der Waals surface area contributed by atoms with Gasteiger partial charge in [0, 0.05) is 30.2 Å². The number of nitrogens with zero attached hydrogens (tertiary/aromatic N) is 2. The third-order valence-electron chi connectivity index (χ3n) is 2.94. The highest BCUT2D eigenvalue weighted by molar-refractivity contribution is 6.36. The van der Waals surface area contributed by atoms with Crippen LogP contribution in [-0.2, 0) is 6.54 Å². The maximum absolute atomic E-state index is 11.3. The van der Waals surface area contributed by atoms with Crippen LogP contribution in [0.5, 0.6) is 0 Å². The molecule has 0 amide bonds. The lowest BCUT2D eigenvalue weighted by atomic mass is 10.1. The Morgan fingerprint density at radius 2 is 2.16 bits per heavy atom. The molecule has 0 unspecified atom stereocenters. The molecule has 0 aliphatic rings. The summed E-state index contributed by atoms with van der Waals surface area (Å²) in [5.74, 6) is -1.03. The van der Waals surface area contributed by atoms with Gasteiger partial charge in [0.05, 0.1) is 16.3 Å². The fraction of sp³-hybridized carbons (Fsp3) is 0.143.